The highest BCUT2D eigenvalue weighted by Crippen LogP contribution is 2.27. The van der Waals surface area contributed by atoms with Gasteiger partial charge in [-0.05, 0) is 62.9 Å². The lowest BCUT2D eigenvalue weighted by atomic mass is 9.95. The van der Waals surface area contributed by atoms with Crippen LogP contribution in [0.1, 0.15) is 37.2 Å². The maximum Gasteiger partial charge on any atom is 0.274 e. The molecule has 1 aromatic carbocycles. The second-order valence-corrected chi connectivity index (χ2v) is 9.93. The van der Waals surface area contributed by atoms with Crippen molar-refractivity contribution >= 4 is 17.5 Å². The number of rotatable bonds is 5. The van der Waals surface area contributed by atoms with E-state index in [4.69, 9.17) is 20.8 Å². The van der Waals surface area contributed by atoms with Crippen molar-refractivity contribution in [3.05, 3.63) is 59.4 Å². The van der Waals surface area contributed by atoms with Crippen LogP contribution in [0.2, 0.25) is 5.02 Å². The number of likely N-dealkylation sites (tertiary alicyclic amines) is 1. The normalized spacial score (nSPS) is 22.3. The second kappa shape index (κ2) is 9.94. The van der Waals surface area contributed by atoms with Gasteiger partial charge in [0.1, 0.15) is 5.69 Å². The summed E-state index contributed by atoms with van der Waals surface area (Å²) in [6.45, 7) is 8.83. The van der Waals surface area contributed by atoms with Gasteiger partial charge >= 0.3 is 0 Å². The fourth-order valence-corrected chi connectivity index (χ4v) is 5.35. The minimum atomic E-state index is -0.0411. The number of piperidine rings is 1. The lowest BCUT2D eigenvalue weighted by Gasteiger charge is -2.39. The zero-order valence-electron chi connectivity index (χ0n) is 19.7. The monoisotopic (exact) mass is 482 g/mol. The number of morpholine rings is 1. The van der Waals surface area contributed by atoms with Gasteiger partial charge in [0, 0.05) is 43.8 Å². The number of nitrogens with zero attached hydrogens (tertiary/aromatic N) is 4. The van der Waals surface area contributed by atoms with Gasteiger partial charge in [-0.1, -0.05) is 17.7 Å². The standard InChI is InChI=1S/C26H31ClN4O3/c1-18-15-29(16-19(2)34-18)17-20-8-10-30(11-9-20)26(32)23-14-24(25-7-4-12-33-25)31(28-23)22-6-3-5-21(27)13-22/h3-7,12-14,18-20H,8-11,15-17H2,1-2H3. The smallest absolute Gasteiger partial charge is 0.274 e. The first-order valence-corrected chi connectivity index (χ1v) is 12.4. The van der Waals surface area contributed by atoms with E-state index in [-0.39, 0.29) is 18.1 Å². The molecule has 2 aliphatic heterocycles. The highest BCUT2D eigenvalue weighted by atomic mass is 35.5. The van der Waals surface area contributed by atoms with Crippen molar-refractivity contribution in [2.24, 2.45) is 5.92 Å². The van der Waals surface area contributed by atoms with Crippen molar-refractivity contribution in [3.8, 4) is 17.1 Å². The molecule has 2 fully saturated rings. The van der Waals surface area contributed by atoms with Gasteiger partial charge in [-0.3, -0.25) is 9.69 Å². The number of hydrogen-bond donors (Lipinski definition) is 0. The Labute approximate surface area is 205 Å². The Morgan fingerprint density at radius 2 is 1.85 bits per heavy atom. The molecule has 1 amide bonds. The van der Waals surface area contributed by atoms with Crippen molar-refractivity contribution in [2.45, 2.75) is 38.9 Å². The minimum absolute atomic E-state index is 0.0411. The Morgan fingerprint density at radius 1 is 1.09 bits per heavy atom. The number of amides is 1. The van der Waals surface area contributed by atoms with Gasteiger partial charge in [-0.2, -0.15) is 5.10 Å². The fourth-order valence-electron chi connectivity index (χ4n) is 5.17. The molecule has 2 saturated heterocycles. The van der Waals surface area contributed by atoms with Crippen LogP contribution in [0.25, 0.3) is 17.1 Å². The van der Waals surface area contributed by atoms with Crippen LogP contribution in [0.3, 0.4) is 0 Å². The predicted molar refractivity (Wildman–Crippen MR) is 131 cm³/mol. The summed E-state index contributed by atoms with van der Waals surface area (Å²) in [5, 5.41) is 5.28. The van der Waals surface area contributed by atoms with Crippen LogP contribution in [0, 0.1) is 5.92 Å². The molecular formula is C26H31ClN4O3. The Balaban J connectivity index is 1.28. The number of furan rings is 1. The quantitative estimate of drug-likeness (QED) is 0.525. The molecule has 0 N–H and O–H groups in total. The van der Waals surface area contributed by atoms with Gasteiger partial charge < -0.3 is 14.1 Å². The zero-order chi connectivity index (χ0) is 23.7. The molecule has 7 nitrogen and oxygen atoms in total. The molecule has 4 heterocycles. The van der Waals surface area contributed by atoms with Gasteiger partial charge in [-0.15, -0.1) is 0 Å². The van der Waals surface area contributed by atoms with E-state index in [1.54, 1.807) is 10.9 Å². The molecule has 2 aromatic heterocycles. The number of carbonyl (C=O) groups is 1. The second-order valence-electron chi connectivity index (χ2n) is 9.50. The first kappa shape index (κ1) is 23.1. The van der Waals surface area contributed by atoms with Crippen LogP contribution in [0.15, 0.2) is 53.1 Å². The molecule has 0 bridgehead atoms. The summed E-state index contributed by atoms with van der Waals surface area (Å²) >= 11 is 6.21. The van der Waals surface area contributed by atoms with Gasteiger partial charge in [0.25, 0.3) is 5.91 Å². The lowest BCUT2D eigenvalue weighted by molar-refractivity contribution is -0.0728. The van der Waals surface area contributed by atoms with Gasteiger partial charge in [-0.25, -0.2) is 4.68 Å². The van der Waals surface area contributed by atoms with E-state index in [2.05, 4.69) is 23.8 Å². The predicted octanol–water partition coefficient (Wildman–Crippen LogP) is 4.75. The van der Waals surface area contributed by atoms with Gasteiger partial charge in [0.15, 0.2) is 11.5 Å². The summed E-state index contributed by atoms with van der Waals surface area (Å²) in [7, 11) is 0. The number of aromatic nitrogens is 2. The maximum absolute atomic E-state index is 13.4. The Hall–Kier alpha value is -2.61. The molecule has 0 saturated carbocycles. The highest BCUT2D eigenvalue weighted by Gasteiger charge is 2.29. The zero-order valence-corrected chi connectivity index (χ0v) is 20.4. The fraction of sp³-hybridized carbons (Fsp3) is 0.462. The largest absolute Gasteiger partial charge is 0.463 e. The van der Waals surface area contributed by atoms with Crippen molar-refractivity contribution in [2.75, 3.05) is 32.7 Å². The van der Waals surface area contributed by atoms with Gasteiger partial charge in [0.05, 0.1) is 24.2 Å². The van der Waals surface area contributed by atoms with E-state index < -0.39 is 0 Å². The van der Waals surface area contributed by atoms with Crippen molar-refractivity contribution in [3.63, 3.8) is 0 Å². The van der Waals surface area contributed by atoms with Crippen molar-refractivity contribution in [1.82, 2.24) is 19.6 Å². The number of carbonyl (C=O) groups excluding carboxylic acids is 1. The molecule has 8 heteroatoms. The van der Waals surface area contributed by atoms with Crippen molar-refractivity contribution in [1.29, 1.82) is 0 Å². The SMILES string of the molecule is CC1CN(CC2CCN(C(=O)c3cc(-c4ccco4)n(-c4cccc(Cl)c4)n3)CC2)CC(C)O1. The topological polar surface area (TPSA) is 63.7 Å². The van der Waals surface area contributed by atoms with E-state index in [1.807, 2.05) is 47.4 Å². The van der Waals surface area contributed by atoms with E-state index in [1.165, 1.54) is 0 Å². The average molecular weight is 483 g/mol. The third kappa shape index (κ3) is 5.06. The number of halogens is 1. The lowest BCUT2D eigenvalue weighted by Crippen LogP contribution is -2.48. The molecule has 0 aliphatic carbocycles. The molecule has 180 valence electrons. The molecule has 34 heavy (non-hydrogen) atoms. The highest BCUT2D eigenvalue weighted by molar-refractivity contribution is 6.30. The minimum Gasteiger partial charge on any atom is -0.463 e. The maximum atomic E-state index is 13.4. The summed E-state index contributed by atoms with van der Waals surface area (Å²) in [6, 6.07) is 12.9. The van der Waals surface area contributed by atoms with E-state index in [9.17, 15) is 4.79 Å². The first-order chi connectivity index (χ1) is 16.5. The third-order valence-corrected chi connectivity index (χ3v) is 6.90. The Bertz CT molecular complexity index is 1110. The molecule has 0 spiro atoms. The van der Waals surface area contributed by atoms with Crippen LogP contribution in [0.5, 0.6) is 0 Å². The number of ether oxygens (including phenoxy) is 1. The summed E-state index contributed by atoms with van der Waals surface area (Å²) in [6.07, 6.45) is 4.19. The average Bonchev–Trinajstić information content (AvgIpc) is 3.49. The summed E-state index contributed by atoms with van der Waals surface area (Å²) < 4.78 is 13.2. The Kier molecular flexibility index (Phi) is 6.77. The number of hydrogen-bond acceptors (Lipinski definition) is 5. The molecule has 0 radical (unpaired) electrons. The Morgan fingerprint density at radius 3 is 2.53 bits per heavy atom. The van der Waals surface area contributed by atoms with Crippen molar-refractivity contribution < 1.29 is 13.9 Å². The molecule has 2 unspecified atom stereocenters. The van der Waals surface area contributed by atoms with E-state index in [0.29, 0.717) is 22.4 Å². The molecule has 2 aliphatic rings. The molecular weight excluding hydrogens is 452 g/mol. The van der Waals surface area contributed by atoms with Crippen LogP contribution in [-0.4, -0.2) is 70.4 Å². The summed E-state index contributed by atoms with van der Waals surface area (Å²) in [5.74, 6) is 1.21. The molecule has 3 aromatic rings. The van der Waals surface area contributed by atoms with E-state index in [0.717, 1.165) is 56.9 Å². The van der Waals surface area contributed by atoms with Crippen LogP contribution in [-0.2, 0) is 4.74 Å². The van der Waals surface area contributed by atoms with Gasteiger partial charge in [0.2, 0.25) is 0 Å². The molecule has 5 rings (SSSR count). The van der Waals surface area contributed by atoms with Crippen LogP contribution in [0.4, 0.5) is 0 Å². The van der Waals surface area contributed by atoms with E-state index >= 15 is 0 Å². The first-order valence-electron chi connectivity index (χ1n) is 12.0. The summed E-state index contributed by atoms with van der Waals surface area (Å²) in [5.41, 5.74) is 1.92. The number of benzene rings is 1. The van der Waals surface area contributed by atoms with Crippen LogP contribution < -0.4 is 0 Å². The summed E-state index contributed by atoms with van der Waals surface area (Å²) in [4.78, 5) is 17.8. The third-order valence-electron chi connectivity index (χ3n) is 6.67. The molecule has 2 atom stereocenters. The van der Waals surface area contributed by atoms with Crippen LogP contribution >= 0.6 is 11.6 Å².